The third-order valence-electron chi connectivity index (χ3n) is 5.85. The molecule has 0 unspecified atom stereocenters. The van der Waals surface area contributed by atoms with E-state index in [0.29, 0.717) is 29.8 Å². The molecule has 1 aromatic rings. The van der Waals surface area contributed by atoms with Crippen LogP contribution in [-0.4, -0.2) is 44.8 Å². The number of fused-ring (bicyclic) bond motifs is 1. The van der Waals surface area contributed by atoms with Crippen LogP contribution >= 0.6 is 11.3 Å². The van der Waals surface area contributed by atoms with E-state index in [-0.39, 0.29) is 11.3 Å². The van der Waals surface area contributed by atoms with Gasteiger partial charge in [-0.1, -0.05) is 26.7 Å². The summed E-state index contributed by atoms with van der Waals surface area (Å²) in [4.78, 5) is 13.8. The Morgan fingerprint density at radius 3 is 2.85 bits per heavy atom. The average Bonchev–Trinajstić information content (AvgIpc) is 3.28. The third kappa shape index (κ3) is 3.56. The number of hydrogen-bond acceptors (Lipinski definition) is 5. The first kappa shape index (κ1) is 19.8. The Balaban J connectivity index is 1.66. The van der Waals surface area contributed by atoms with Crippen molar-refractivity contribution in [3.8, 4) is 0 Å². The molecule has 2 aliphatic rings. The van der Waals surface area contributed by atoms with E-state index in [1.807, 2.05) is 19.9 Å². The Bertz CT molecular complexity index is 743. The summed E-state index contributed by atoms with van der Waals surface area (Å²) in [7, 11) is -3.43. The molecule has 1 saturated carbocycles. The van der Waals surface area contributed by atoms with E-state index < -0.39 is 10.0 Å². The quantitative estimate of drug-likeness (QED) is 0.737. The zero-order chi connectivity index (χ0) is 18.8. The van der Waals surface area contributed by atoms with Crippen LogP contribution in [0.5, 0.6) is 0 Å². The summed E-state index contributed by atoms with van der Waals surface area (Å²) in [6.07, 6.45) is 4.38. The molecule has 1 aliphatic carbocycles. The summed E-state index contributed by atoms with van der Waals surface area (Å²) in [5.41, 5.74) is -0.272. The summed E-state index contributed by atoms with van der Waals surface area (Å²) in [5.74, 6) is 0.548. The highest BCUT2D eigenvalue weighted by atomic mass is 32.2. The van der Waals surface area contributed by atoms with Gasteiger partial charge in [-0.2, -0.15) is 4.31 Å². The van der Waals surface area contributed by atoms with E-state index in [4.69, 9.17) is 0 Å². The van der Waals surface area contributed by atoms with Gasteiger partial charge in [0, 0.05) is 24.5 Å². The number of thiophene rings is 1. The minimum absolute atomic E-state index is 0.119. The molecule has 2 heterocycles. The van der Waals surface area contributed by atoms with E-state index in [9.17, 15) is 13.2 Å². The number of sulfonamides is 1. The van der Waals surface area contributed by atoms with Crippen LogP contribution < -0.4 is 10.6 Å². The van der Waals surface area contributed by atoms with Gasteiger partial charge in [0.25, 0.3) is 10.0 Å². The lowest BCUT2D eigenvalue weighted by Crippen LogP contribution is -2.47. The van der Waals surface area contributed by atoms with Crippen LogP contribution in [0.3, 0.4) is 0 Å². The Labute approximate surface area is 160 Å². The van der Waals surface area contributed by atoms with Crippen LogP contribution in [-0.2, 0) is 21.4 Å². The van der Waals surface area contributed by atoms with Gasteiger partial charge in [-0.05, 0) is 37.4 Å². The molecule has 2 atom stereocenters. The predicted molar refractivity (Wildman–Crippen MR) is 104 cm³/mol. The van der Waals surface area contributed by atoms with Crippen molar-refractivity contribution in [3.63, 3.8) is 0 Å². The van der Waals surface area contributed by atoms with Crippen molar-refractivity contribution >= 4 is 27.3 Å². The van der Waals surface area contributed by atoms with E-state index in [1.165, 1.54) is 22.1 Å². The highest BCUT2D eigenvalue weighted by Crippen LogP contribution is 2.44. The highest BCUT2D eigenvalue weighted by Gasteiger charge is 2.49. The fraction of sp³-hybridized carbons (Fsp3) is 0.722. The molecule has 26 heavy (non-hydrogen) atoms. The summed E-state index contributed by atoms with van der Waals surface area (Å²) in [6, 6.07) is 3.46. The number of carbonyl (C=O) groups is 1. The smallest absolute Gasteiger partial charge is 0.252 e. The molecule has 3 rings (SSSR count). The van der Waals surface area contributed by atoms with E-state index in [2.05, 4.69) is 10.6 Å². The van der Waals surface area contributed by atoms with Gasteiger partial charge in [-0.15, -0.1) is 11.3 Å². The van der Waals surface area contributed by atoms with Crippen molar-refractivity contribution in [2.45, 2.75) is 50.3 Å². The summed E-state index contributed by atoms with van der Waals surface area (Å²) in [6.45, 7) is 6.68. The lowest BCUT2D eigenvalue weighted by atomic mass is 9.67. The van der Waals surface area contributed by atoms with E-state index in [0.717, 1.165) is 37.2 Å². The van der Waals surface area contributed by atoms with Crippen molar-refractivity contribution in [1.29, 1.82) is 0 Å². The third-order valence-corrected chi connectivity index (χ3v) is 9.45. The molecule has 2 fully saturated rings. The molecule has 8 heteroatoms. The molecule has 146 valence electrons. The first-order chi connectivity index (χ1) is 12.4. The molecule has 1 aromatic heterocycles. The molecule has 0 bridgehead atoms. The normalized spacial score (nSPS) is 26.0. The van der Waals surface area contributed by atoms with Crippen LogP contribution in [0.4, 0.5) is 0 Å². The number of nitrogens with one attached hydrogen (secondary N) is 2. The van der Waals surface area contributed by atoms with E-state index in [1.54, 1.807) is 6.07 Å². The predicted octanol–water partition coefficient (Wildman–Crippen LogP) is 2.17. The van der Waals surface area contributed by atoms with Gasteiger partial charge < -0.3 is 10.6 Å². The van der Waals surface area contributed by atoms with Crippen LogP contribution in [0.15, 0.2) is 16.3 Å². The second kappa shape index (κ2) is 7.96. The fourth-order valence-corrected chi connectivity index (χ4v) is 7.22. The number of carbonyl (C=O) groups excluding carboxylic acids is 1. The Morgan fingerprint density at radius 2 is 2.12 bits per heavy atom. The van der Waals surface area contributed by atoms with Gasteiger partial charge in [0.1, 0.15) is 4.21 Å². The van der Waals surface area contributed by atoms with Gasteiger partial charge >= 0.3 is 0 Å². The van der Waals surface area contributed by atoms with Gasteiger partial charge in [0.15, 0.2) is 0 Å². The second-order valence-electron chi connectivity index (χ2n) is 7.22. The maximum absolute atomic E-state index is 12.9. The summed E-state index contributed by atoms with van der Waals surface area (Å²) >= 11 is 1.25. The molecule has 0 spiro atoms. The number of hydrogen-bond donors (Lipinski definition) is 2. The van der Waals surface area contributed by atoms with Crippen LogP contribution in [0.2, 0.25) is 0 Å². The lowest BCUT2D eigenvalue weighted by molar-refractivity contribution is -0.134. The number of rotatable bonds is 7. The Kier molecular flexibility index (Phi) is 6.06. The Morgan fingerprint density at radius 1 is 1.35 bits per heavy atom. The molecular weight excluding hydrogens is 370 g/mol. The number of amides is 1. The molecule has 0 aromatic carbocycles. The SMILES string of the molecule is CCN(CC)S(=O)(=O)c1ccc(CNC(=O)[C@@]23CCCC[C@H]2CNC3)s1. The Hall–Kier alpha value is -0.960. The molecule has 0 radical (unpaired) electrons. The van der Waals surface area contributed by atoms with Crippen molar-refractivity contribution in [3.05, 3.63) is 17.0 Å². The van der Waals surface area contributed by atoms with Crippen molar-refractivity contribution in [2.24, 2.45) is 11.3 Å². The standard InChI is InChI=1S/C18H29N3O3S2/c1-3-21(4-2)26(23,24)16-9-8-15(25-16)12-20-17(22)18-10-6-5-7-14(18)11-19-13-18/h8-9,14,19H,3-7,10-13H2,1-2H3,(H,20,22)/t14-,18+/m0/s1. The van der Waals surface area contributed by atoms with Crippen LogP contribution in [0.1, 0.15) is 44.4 Å². The molecule has 2 N–H and O–H groups in total. The minimum atomic E-state index is -3.43. The van der Waals surface area contributed by atoms with Gasteiger partial charge in [-0.3, -0.25) is 4.79 Å². The molecule has 1 saturated heterocycles. The highest BCUT2D eigenvalue weighted by molar-refractivity contribution is 7.91. The van der Waals surface area contributed by atoms with E-state index >= 15 is 0 Å². The monoisotopic (exact) mass is 399 g/mol. The zero-order valence-corrected chi connectivity index (χ0v) is 17.2. The summed E-state index contributed by atoms with van der Waals surface area (Å²) < 4.78 is 27.0. The number of nitrogens with zero attached hydrogens (tertiary/aromatic N) is 1. The fourth-order valence-electron chi connectivity index (χ4n) is 4.32. The first-order valence-electron chi connectivity index (χ1n) is 9.52. The molecule has 1 amide bonds. The zero-order valence-electron chi connectivity index (χ0n) is 15.6. The molecular formula is C18H29N3O3S2. The lowest BCUT2D eigenvalue weighted by Gasteiger charge is -2.37. The maximum Gasteiger partial charge on any atom is 0.252 e. The molecule has 1 aliphatic heterocycles. The van der Waals surface area contributed by atoms with Crippen molar-refractivity contribution < 1.29 is 13.2 Å². The maximum atomic E-state index is 12.9. The average molecular weight is 400 g/mol. The summed E-state index contributed by atoms with van der Waals surface area (Å²) in [5, 5.41) is 6.47. The van der Waals surface area contributed by atoms with Crippen LogP contribution in [0, 0.1) is 11.3 Å². The largest absolute Gasteiger partial charge is 0.351 e. The van der Waals surface area contributed by atoms with Gasteiger partial charge in [-0.25, -0.2) is 8.42 Å². The second-order valence-corrected chi connectivity index (χ2v) is 10.6. The van der Waals surface area contributed by atoms with Crippen molar-refractivity contribution in [2.75, 3.05) is 26.2 Å². The van der Waals surface area contributed by atoms with Crippen molar-refractivity contribution in [1.82, 2.24) is 14.9 Å². The van der Waals surface area contributed by atoms with Gasteiger partial charge in [0.05, 0.1) is 12.0 Å². The van der Waals surface area contributed by atoms with Gasteiger partial charge in [0.2, 0.25) is 5.91 Å². The topological polar surface area (TPSA) is 78.5 Å². The van der Waals surface area contributed by atoms with Crippen LogP contribution in [0.25, 0.3) is 0 Å². The molecule has 6 nitrogen and oxygen atoms in total. The first-order valence-corrected chi connectivity index (χ1v) is 11.8. The minimum Gasteiger partial charge on any atom is -0.351 e.